The Kier molecular flexibility index (Phi) is 4.76. The van der Waals surface area contributed by atoms with Crippen molar-refractivity contribution in [1.29, 1.82) is 0 Å². The standard InChI is InChI=1S/C23H18FNO4/c1-13-10-14(11-20(24)21(13)22(26)27)25-23(28)29-12-19-17-8-4-2-6-15(17)16-7-3-5-9-18(16)19/h2-11,19H,12H2,1H3,(H,25,28)(H,26,27). The molecule has 0 bridgehead atoms. The molecule has 0 unspecified atom stereocenters. The van der Waals surface area contributed by atoms with Crippen LogP contribution in [0.5, 0.6) is 0 Å². The van der Waals surface area contributed by atoms with Crippen LogP contribution in [0.15, 0.2) is 60.7 Å². The zero-order valence-electron chi connectivity index (χ0n) is 15.6. The van der Waals surface area contributed by atoms with Crippen LogP contribution in [0.3, 0.4) is 0 Å². The van der Waals surface area contributed by atoms with Crippen molar-refractivity contribution in [3.63, 3.8) is 0 Å². The Morgan fingerprint density at radius 2 is 1.62 bits per heavy atom. The molecule has 3 aromatic carbocycles. The third kappa shape index (κ3) is 3.45. The van der Waals surface area contributed by atoms with Gasteiger partial charge in [0.25, 0.3) is 0 Å². The van der Waals surface area contributed by atoms with Gasteiger partial charge in [0.2, 0.25) is 0 Å². The molecule has 4 rings (SSSR count). The molecule has 0 atom stereocenters. The van der Waals surface area contributed by atoms with Crippen LogP contribution in [-0.2, 0) is 4.74 Å². The largest absolute Gasteiger partial charge is 0.478 e. The van der Waals surface area contributed by atoms with Gasteiger partial charge >= 0.3 is 12.1 Å². The number of carboxylic acid groups (broad SMARTS) is 1. The average Bonchev–Trinajstić information content (AvgIpc) is 2.99. The molecular formula is C23H18FNO4. The van der Waals surface area contributed by atoms with Crippen LogP contribution in [0.25, 0.3) is 11.1 Å². The molecule has 3 aromatic rings. The lowest BCUT2D eigenvalue weighted by atomic mass is 9.98. The van der Waals surface area contributed by atoms with Crippen LogP contribution in [0.2, 0.25) is 0 Å². The number of ether oxygens (including phenoxy) is 1. The van der Waals surface area contributed by atoms with Crippen molar-refractivity contribution in [3.8, 4) is 11.1 Å². The van der Waals surface area contributed by atoms with E-state index < -0.39 is 23.4 Å². The van der Waals surface area contributed by atoms with Crippen molar-refractivity contribution < 1.29 is 23.8 Å². The predicted octanol–water partition coefficient (Wildman–Crippen LogP) is 5.19. The van der Waals surface area contributed by atoms with Crippen molar-refractivity contribution in [2.75, 3.05) is 11.9 Å². The highest BCUT2D eigenvalue weighted by atomic mass is 19.1. The number of hydrogen-bond donors (Lipinski definition) is 2. The summed E-state index contributed by atoms with van der Waals surface area (Å²) in [6.07, 6.45) is -0.728. The van der Waals surface area contributed by atoms with Crippen molar-refractivity contribution >= 4 is 17.7 Å². The van der Waals surface area contributed by atoms with Gasteiger partial charge in [-0.25, -0.2) is 14.0 Å². The lowest BCUT2D eigenvalue weighted by Gasteiger charge is -2.15. The van der Waals surface area contributed by atoms with Gasteiger partial charge in [-0.1, -0.05) is 48.5 Å². The van der Waals surface area contributed by atoms with Gasteiger partial charge < -0.3 is 9.84 Å². The highest BCUT2D eigenvalue weighted by Gasteiger charge is 2.29. The summed E-state index contributed by atoms with van der Waals surface area (Å²) in [6, 6.07) is 18.3. The van der Waals surface area contributed by atoms with Crippen LogP contribution in [0, 0.1) is 12.7 Å². The zero-order valence-corrected chi connectivity index (χ0v) is 15.6. The van der Waals surface area contributed by atoms with E-state index in [1.807, 2.05) is 48.5 Å². The Balaban J connectivity index is 1.49. The maximum absolute atomic E-state index is 14.0. The summed E-state index contributed by atoms with van der Waals surface area (Å²) < 4.78 is 19.4. The smallest absolute Gasteiger partial charge is 0.411 e. The number of amides is 1. The molecule has 29 heavy (non-hydrogen) atoms. The summed E-state index contributed by atoms with van der Waals surface area (Å²) in [5, 5.41) is 11.5. The molecule has 0 heterocycles. The van der Waals surface area contributed by atoms with Crippen molar-refractivity contribution in [2.24, 2.45) is 0 Å². The maximum atomic E-state index is 14.0. The van der Waals surface area contributed by atoms with E-state index >= 15 is 0 Å². The third-order valence-electron chi connectivity index (χ3n) is 5.09. The first-order valence-corrected chi connectivity index (χ1v) is 9.11. The van der Waals surface area contributed by atoms with Gasteiger partial charge in [-0.15, -0.1) is 0 Å². The van der Waals surface area contributed by atoms with E-state index in [0.717, 1.165) is 28.3 Å². The number of fused-ring (bicyclic) bond motifs is 3. The van der Waals surface area contributed by atoms with Crippen molar-refractivity contribution in [3.05, 3.63) is 88.7 Å². The number of nitrogens with one attached hydrogen (secondary N) is 1. The SMILES string of the molecule is Cc1cc(NC(=O)OCC2c3ccccc3-c3ccccc32)cc(F)c1C(=O)O. The van der Waals surface area contributed by atoms with Gasteiger partial charge in [0, 0.05) is 11.6 Å². The molecule has 0 saturated heterocycles. The van der Waals surface area contributed by atoms with Crippen molar-refractivity contribution in [1.82, 2.24) is 0 Å². The Morgan fingerprint density at radius 3 is 2.17 bits per heavy atom. The van der Waals surface area contributed by atoms with E-state index in [2.05, 4.69) is 5.32 Å². The number of aromatic carboxylic acids is 1. The number of anilines is 1. The molecular weight excluding hydrogens is 373 g/mol. The number of halogens is 1. The van der Waals surface area contributed by atoms with Gasteiger partial charge in [-0.05, 0) is 46.9 Å². The van der Waals surface area contributed by atoms with Crippen LogP contribution in [0.4, 0.5) is 14.9 Å². The van der Waals surface area contributed by atoms with Crippen LogP contribution in [-0.4, -0.2) is 23.8 Å². The topological polar surface area (TPSA) is 75.6 Å². The minimum Gasteiger partial charge on any atom is -0.478 e. The van der Waals surface area contributed by atoms with E-state index in [9.17, 15) is 14.0 Å². The zero-order chi connectivity index (χ0) is 20.5. The molecule has 0 spiro atoms. The number of benzene rings is 3. The molecule has 6 heteroatoms. The lowest BCUT2D eigenvalue weighted by molar-refractivity contribution is 0.0691. The predicted molar refractivity (Wildman–Crippen MR) is 107 cm³/mol. The normalized spacial score (nSPS) is 12.2. The van der Waals surface area contributed by atoms with Gasteiger partial charge in [0.05, 0.1) is 5.56 Å². The second-order valence-corrected chi connectivity index (χ2v) is 6.91. The quantitative estimate of drug-likeness (QED) is 0.641. The summed E-state index contributed by atoms with van der Waals surface area (Å²) in [5.74, 6) is -2.35. The molecule has 0 saturated carbocycles. The van der Waals surface area contributed by atoms with Gasteiger partial charge in [0.1, 0.15) is 12.4 Å². The maximum Gasteiger partial charge on any atom is 0.411 e. The van der Waals surface area contributed by atoms with E-state index in [1.165, 1.54) is 13.0 Å². The molecule has 5 nitrogen and oxygen atoms in total. The fraction of sp³-hybridized carbons (Fsp3) is 0.130. The van der Waals surface area contributed by atoms with E-state index in [0.29, 0.717) is 0 Å². The number of aryl methyl sites for hydroxylation is 1. The van der Waals surface area contributed by atoms with Crippen LogP contribution < -0.4 is 5.32 Å². The molecule has 1 aliphatic carbocycles. The van der Waals surface area contributed by atoms with Gasteiger partial charge in [-0.2, -0.15) is 0 Å². The number of carbonyl (C=O) groups is 2. The van der Waals surface area contributed by atoms with E-state index in [1.54, 1.807) is 0 Å². The van der Waals surface area contributed by atoms with Crippen LogP contribution in [0.1, 0.15) is 33.0 Å². The first-order chi connectivity index (χ1) is 14.0. The summed E-state index contributed by atoms with van der Waals surface area (Å²) >= 11 is 0. The average molecular weight is 391 g/mol. The molecule has 0 aliphatic heterocycles. The van der Waals surface area contributed by atoms with Crippen LogP contribution >= 0.6 is 0 Å². The molecule has 1 aliphatic rings. The Morgan fingerprint density at radius 1 is 1.03 bits per heavy atom. The summed E-state index contributed by atoms with van der Waals surface area (Å²) in [7, 11) is 0. The fourth-order valence-corrected chi connectivity index (χ4v) is 3.84. The number of hydrogen-bond acceptors (Lipinski definition) is 3. The molecule has 2 N–H and O–H groups in total. The minimum atomic E-state index is -1.35. The highest BCUT2D eigenvalue weighted by Crippen LogP contribution is 2.44. The Labute approximate surface area is 166 Å². The van der Waals surface area contributed by atoms with E-state index in [-0.39, 0.29) is 23.8 Å². The molecule has 146 valence electrons. The monoisotopic (exact) mass is 391 g/mol. The Hall–Kier alpha value is -3.67. The summed E-state index contributed by atoms with van der Waals surface area (Å²) in [6.45, 7) is 1.60. The molecule has 1 amide bonds. The van der Waals surface area contributed by atoms with E-state index in [4.69, 9.17) is 9.84 Å². The van der Waals surface area contributed by atoms with Gasteiger partial charge in [-0.3, -0.25) is 5.32 Å². The third-order valence-corrected chi connectivity index (χ3v) is 5.09. The summed E-state index contributed by atoms with van der Waals surface area (Å²) in [4.78, 5) is 23.3. The molecule has 0 radical (unpaired) electrons. The molecule has 0 fully saturated rings. The summed E-state index contributed by atoms with van der Waals surface area (Å²) in [5.41, 5.74) is 4.37. The second kappa shape index (κ2) is 7.39. The Bertz CT molecular complexity index is 1060. The first kappa shape index (κ1) is 18.7. The van der Waals surface area contributed by atoms with Gasteiger partial charge in [0.15, 0.2) is 0 Å². The van der Waals surface area contributed by atoms with Crippen molar-refractivity contribution in [2.45, 2.75) is 12.8 Å². The number of carboxylic acids is 1. The highest BCUT2D eigenvalue weighted by molar-refractivity contribution is 5.92. The first-order valence-electron chi connectivity index (χ1n) is 9.11. The molecule has 0 aromatic heterocycles. The minimum absolute atomic E-state index is 0.0824. The lowest BCUT2D eigenvalue weighted by Crippen LogP contribution is -2.18. The fourth-order valence-electron chi connectivity index (χ4n) is 3.84. The second-order valence-electron chi connectivity index (χ2n) is 6.91. The number of carbonyl (C=O) groups excluding carboxylic acids is 1. The number of rotatable bonds is 4.